The summed E-state index contributed by atoms with van der Waals surface area (Å²) in [4.78, 5) is 12.6. The van der Waals surface area contributed by atoms with E-state index < -0.39 is 5.41 Å². The quantitative estimate of drug-likeness (QED) is 0.459. The molecule has 3 nitrogen and oxygen atoms in total. The van der Waals surface area contributed by atoms with Gasteiger partial charge in [0, 0.05) is 23.1 Å². The predicted molar refractivity (Wildman–Crippen MR) is 107 cm³/mol. The summed E-state index contributed by atoms with van der Waals surface area (Å²) < 4.78 is 12.3. The van der Waals surface area contributed by atoms with E-state index in [9.17, 15) is 4.79 Å². The number of hydrogen-bond donors (Lipinski definition) is 0. The smallest absolute Gasteiger partial charge is 0.316 e. The molecule has 1 aromatic rings. The predicted octanol–water partition coefficient (Wildman–Crippen LogP) is 5.95. The fourth-order valence-corrected chi connectivity index (χ4v) is 3.43. The molecule has 0 saturated heterocycles. The van der Waals surface area contributed by atoms with Crippen molar-refractivity contribution in [1.29, 1.82) is 0 Å². The standard InChI is InChI=1S/C23H36O3/c1-20(2,3)15-12-16(25-19(24)22(7,8)9)17(21(4,5)6)14-13-23(10,11)26-18(14)15/h12H,13H2,1-11H3. The molecular formula is C23H36O3. The van der Waals surface area contributed by atoms with Crippen LogP contribution in [-0.2, 0) is 22.0 Å². The lowest BCUT2D eigenvalue weighted by Gasteiger charge is -2.30. The van der Waals surface area contributed by atoms with E-state index >= 15 is 0 Å². The largest absolute Gasteiger partial charge is 0.487 e. The molecule has 1 aliphatic rings. The van der Waals surface area contributed by atoms with Crippen LogP contribution in [0, 0.1) is 5.41 Å². The Morgan fingerprint density at radius 1 is 1.00 bits per heavy atom. The summed E-state index contributed by atoms with van der Waals surface area (Å²) in [7, 11) is 0. The Hall–Kier alpha value is -1.51. The molecule has 146 valence electrons. The van der Waals surface area contributed by atoms with Crippen LogP contribution in [0.4, 0.5) is 0 Å². The zero-order valence-electron chi connectivity index (χ0n) is 18.5. The summed E-state index contributed by atoms with van der Waals surface area (Å²) in [6.07, 6.45) is 0.818. The van der Waals surface area contributed by atoms with Crippen molar-refractivity contribution >= 4 is 5.97 Å². The number of carbonyl (C=O) groups excluding carboxylic acids is 1. The summed E-state index contributed by atoms with van der Waals surface area (Å²) in [6.45, 7) is 22.9. The maximum Gasteiger partial charge on any atom is 0.316 e. The molecule has 1 heterocycles. The monoisotopic (exact) mass is 360 g/mol. The van der Waals surface area contributed by atoms with Crippen LogP contribution in [-0.4, -0.2) is 11.6 Å². The fourth-order valence-electron chi connectivity index (χ4n) is 3.43. The van der Waals surface area contributed by atoms with Crippen molar-refractivity contribution in [3.05, 3.63) is 22.8 Å². The van der Waals surface area contributed by atoms with E-state index in [0.29, 0.717) is 5.75 Å². The van der Waals surface area contributed by atoms with E-state index in [-0.39, 0.29) is 22.4 Å². The average Bonchev–Trinajstić information content (AvgIpc) is 2.67. The number of hydrogen-bond acceptors (Lipinski definition) is 3. The lowest BCUT2D eigenvalue weighted by molar-refractivity contribution is -0.143. The second-order valence-corrected chi connectivity index (χ2v) is 11.3. The van der Waals surface area contributed by atoms with E-state index in [1.54, 1.807) is 0 Å². The second kappa shape index (κ2) is 6.00. The molecule has 0 unspecified atom stereocenters. The van der Waals surface area contributed by atoms with Crippen molar-refractivity contribution in [2.45, 2.75) is 99.0 Å². The molecule has 0 fully saturated rings. The summed E-state index contributed by atoms with van der Waals surface area (Å²) in [5.41, 5.74) is 2.31. The zero-order chi connectivity index (χ0) is 20.3. The van der Waals surface area contributed by atoms with Gasteiger partial charge in [-0.2, -0.15) is 0 Å². The lowest BCUT2D eigenvalue weighted by atomic mass is 9.77. The summed E-state index contributed by atoms with van der Waals surface area (Å²) in [5.74, 6) is 1.45. The first-order valence-corrected chi connectivity index (χ1v) is 9.56. The van der Waals surface area contributed by atoms with Crippen LogP contribution in [0.3, 0.4) is 0 Å². The van der Waals surface area contributed by atoms with Gasteiger partial charge in [0.05, 0.1) is 5.41 Å². The van der Waals surface area contributed by atoms with Gasteiger partial charge in [-0.05, 0) is 51.5 Å². The lowest BCUT2D eigenvalue weighted by Crippen LogP contribution is -2.28. The van der Waals surface area contributed by atoms with Crippen LogP contribution in [0.15, 0.2) is 6.07 Å². The Labute approximate surface area is 159 Å². The molecule has 26 heavy (non-hydrogen) atoms. The third-order valence-electron chi connectivity index (χ3n) is 4.70. The van der Waals surface area contributed by atoms with Crippen LogP contribution in [0.1, 0.15) is 92.9 Å². The van der Waals surface area contributed by atoms with Gasteiger partial charge in [0.25, 0.3) is 0 Å². The molecular weight excluding hydrogens is 324 g/mol. The van der Waals surface area contributed by atoms with Crippen LogP contribution in [0.25, 0.3) is 0 Å². The van der Waals surface area contributed by atoms with Crippen LogP contribution >= 0.6 is 0 Å². The molecule has 1 aromatic carbocycles. The SMILES string of the molecule is CC1(C)Cc2c(c(C(C)(C)C)cc(OC(=O)C(C)(C)C)c2C(C)(C)C)O1. The third kappa shape index (κ3) is 4.07. The Balaban J connectivity index is 2.78. The highest BCUT2D eigenvalue weighted by molar-refractivity contribution is 5.79. The van der Waals surface area contributed by atoms with Crippen LogP contribution in [0.5, 0.6) is 11.5 Å². The molecule has 0 bridgehead atoms. The van der Waals surface area contributed by atoms with Crippen molar-refractivity contribution < 1.29 is 14.3 Å². The number of fused-ring (bicyclic) bond motifs is 1. The molecule has 1 aliphatic heterocycles. The van der Waals surface area contributed by atoms with Crippen LogP contribution in [0.2, 0.25) is 0 Å². The summed E-state index contributed by atoms with van der Waals surface area (Å²) in [5, 5.41) is 0. The van der Waals surface area contributed by atoms with Gasteiger partial charge in [-0.25, -0.2) is 0 Å². The Kier molecular flexibility index (Phi) is 4.80. The van der Waals surface area contributed by atoms with Gasteiger partial charge in [-0.3, -0.25) is 4.79 Å². The molecule has 0 amide bonds. The van der Waals surface area contributed by atoms with Gasteiger partial charge in [-0.1, -0.05) is 41.5 Å². The minimum atomic E-state index is -0.550. The number of carbonyl (C=O) groups is 1. The maximum absolute atomic E-state index is 12.6. The molecule has 0 radical (unpaired) electrons. The van der Waals surface area contributed by atoms with Gasteiger partial charge in [0.1, 0.15) is 17.1 Å². The Bertz CT molecular complexity index is 720. The van der Waals surface area contributed by atoms with Crippen LogP contribution < -0.4 is 9.47 Å². The number of esters is 1. The fraction of sp³-hybridized carbons (Fsp3) is 0.696. The molecule has 3 heteroatoms. The van der Waals surface area contributed by atoms with Crippen molar-refractivity contribution in [3.63, 3.8) is 0 Å². The van der Waals surface area contributed by atoms with E-state index in [1.165, 1.54) is 5.56 Å². The molecule has 2 rings (SSSR count). The average molecular weight is 361 g/mol. The van der Waals surface area contributed by atoms with E-state index in [1.807, 2.05) is 26.8 Å². The molecule has 0 aromatic heterocycles. The Morgan fingerprint density at radius 2 is 1.54 bits per heavy atom. The molecule has 0 spiro atoms. The highest BCUT2D eigenvalue weighted by Gasteiger charge is 2.41. The number of benzene rings is 1. The van der Waals surface area contributed by atoms with Gasteiger partial charge < -0.3 is 9.47 Å². The minimum Gasteiger partial charge on any atom is -0.487 e. The van der Waals surface area contributed by atoms with Gasteiger partial charge >= 0.3 is 5.97 Å². The van der Waals surface area contributed by atoms with Gasteiger partial charge in [-0.15, -0.1) is 0 Å². The third-order valence-corrected chi connectivity index (χ3v) is 4.70. The normalized spacial score (nSPS) is 16.9. The molecule has 0 N–H and O–H groups in total. The molecule has 0 atom stereocenters. The van der Waals surface area contributed by atoms with E-state index in [0.717, 1.165) is 23.3 Å². The highest BCUT2D eigenvalue weighted by atomic mass is 16.5. The number of ether oxygens (including phenoxy) is 2. The molecule has 0 saturated carbocycles. The number of rotatable bonds is 1. The maximum atomic E-state index is 12.6. The zero-order valence-corrected chi connectivity index (χ0v) is 18.5. The first-order valence-electron chi connectivity index (χ1n) is 9.56. The highest BCUT2D eigenvalue weighted by Crippen LogP contribution is 2.50. The van der Waals surface area contributed by atoms with Crippen molar-refractivity contribution in [1.82, 2.24) is 0 Å². The van der Waals surface area contributed by atoms with E-state index in [2.05, 4.69) is 55.4 Å². The topological polar surface area (TPSA) is 35.5 Å². The van der Waals surface area contributed by atoms with Crippen molar-refractivity contribution in [3.8, 4) is 11.5 Å². The minimum absolute atomic E-state index is 0.107. The second-order valence-electron chi connectivity index (χ2n) is 11.3. The first kappa shape index (κ1) is 20.8. The van der Waals surface area contributed by atoms with Gasteiger partial charge in [0.15, 0.2) is 0 Å². The summed E-state index contributed by atoms with van der Waals surface area (Å²) in [6, 6.07) is 2.03. The van der Waals surface area contributed by atoms with E-state index in [4.69, 9.17) is 9.47 Å². The first-order chi connectivity index (χ1) is 11.4. The van der Waals surface area contributed by atoms with Crippen molar-refractivity contribution in [2.75, 3.05) is 0 Å². The van der Waals surface area contributed by atoms with Crippen molar-refractivity contribution in [2.24, 2.45) is 5.41 Å². The Morgan fingerprint density at radius 3 is 1.96 bits per heavy atom. The molecule has 0 aliphatic carbocycles. The summed E-state index contributed by atoms with van der Waals surface area (Å²) >= 11 is 0. The van der Waals surface area contributed by atoms with Gasteiger partial charge in [0.2, 0.25) is 0 Å².